The van der Waals surface area contributed by atoms with Gasteiger partial charge < -0.3 is 14.9 Å². The number of fused-ring (bicyclic) bond motifs is 1. The number of carboxylic acid groups (broad SMARTS) is 2. The Hall–Kier alpha value is -1.10. The van der Waals surface area contributed by atoms with Crippen LogP contribution in [0.25, 0.3) is 0 Å². The van der Waals surface area contributed by atoms with E-state index in [-0.39, 0.29) is 25.0 Å². The first-order valence-corrected chi connectivity index (χ1v) is 4.18. The second-order valence-electron chi connectivity index (χ2n) is 3.65. The number of ether oxygens (including phenoxy) is 1. The summed E-state index contributed by atoms with van der Waals surface area (Å²) < 4.78 is 5.11. The SMILES string of the molecule is O=C(O)C1(C(=O)O)CCC2OC2C1. The van der Waals surface area contributed by atoms with E-state index in [1.165, 1.54) is 0 Å². The smallest absolute Gasteiger partial charge is 0.321 e. The minimum Gasteiger partial charge on any atom is -0.480 e. The molecule has 5 nitrogen and oxygen atoms in total. The number of aliphatic carboxylic acids is 2. The lowest BCUT2D eigenvalue weighted by Crippen LogP contribution is -2.43. The minimum absolute atomic E-state index is 0.113. The fourth-order valence-electron chi connectivity index (χ4n) is 1.93. The molecule has 1 aliphatic carbocycles. The van der Waals surface area contributed by atoms with E-state index in [1.807, 2.05) is 0 Å². The molecule has 0 spiro atoms. The zero-order chi connectivity index (χ0) is 9.64. The maximum atomic E-state index is 10.8. The molecule has 2 atom stereocenters. The molecule has 0 radical (unpaired) electrons. The van der Waals surface area contributed by atoms with E-state index in [2.05, 4.69) is 0 Å². The van der Waals surface area contributed by atoms with Crippen LogP contribution in [0.15, 0.2) is 0 Å². The normalized spacial score (nSPS) is 34.8. The van der Waals surface area contributed by atoms with Crippen molar-refractivity contribution >= 4 is 11.9 Å². The predicted molar refractivity (Wildman–Crippen MR) is 40.2 cm³/mol. The van der Waals surface area contributed by atoms with E-state index < -0.39 is 17.4 Å². The first kappa shape index (κ1) is 8.50. The van der Waals surface area contributed by atoms with Crippen LogP contribution in [-0.4, -0.2) is 34.4 Å². The molecule has 2 fully saturated rings. The third-order valence-corrected chi connectivity index (χ3v) is 2.91. The van der Waals surface area contributed by atoms with Crippen LogP contribution in [0.3, 0.4) is 0 Å². The van der Waals surface area contributed by atoms with Gasteiger partial charge in [-0.15, -0.1) is 0 Å². The molecule has 1 saturated carbocycles. The number of epoxide rings is 1. The second kappa shape index (κ2) is 2.45. The number of carbonyl (C=O) groups is 2. The van der Waals surface area contributed by atoms with E-state index in [4.69, 9.17) is 14.9 Å². The van der Waals surface area contributed by atoms with Crippen molar-refractivity contribution in [2.24, 2.45) is 5.41 Å². The van der Waals surface area contributed by atoms with Crippen molar-refractivity contribution in [3.63, 3.8) is 0 Å². The third-order valence-electron chi connectivity index (χ3n) is 2.91. The molecule has 0 amide bonds. The molecule has 1 heterocycles. The van der Waals surface area contributed by atoms with Gasteiger partial charge in [0.05, 0.1) is 12.2 Å². The molecule has 2 aliphatic rings. The van der Waals surface area contributed by atoms with Crippen molar-refractivity contribution in [3.05, 3.63) is 0 Å². The summed E-state index contributed by atoms with van der Waals surface area (Å²) in [6.45, 7) is 0. The highest BCUT2D eigenvalue weighted by molar-refractivity contribution is 5.98. The van der Waals surface area contributed by atoms with Gasteiger partial charge in [-0.3, -0.25) is 9.59 Å². The number of rotatable bonds is 2. The maximum Gasteiger partial charge on any atom is 0.321 e. The second-order valence-corrected chi connectivity index (χ2v) is 3.65. The Labute approximate surface area is 74.3 Å². The van der Waals surface area contributed by atoms with E-state index in [1.54, 1.807) is 0 Å². The molecule has 0 aromatic carbocycles. The van der Waals surface area contributed by atoms with E-state index in [9.17, 15) is 9.59 Å². The highest BCUT2D eigenvalue weighted by Crippen LogP contribution is 2.46. The van der Waals surface area contributed by atoms with Gasteiger partial charge in [-0.05, 0) is 12.8 Å². The molecular formula is C8H10O5. The molecule has 72 valence electrons. The van der Waals surface area contributed by atoms with Gasteiger partial charge in [0.1, 0.15) is 0 Å². The Morgan fingerprint density at radius 3 is 2.31 bits per heavy atom. The Morgan fingerprint density at radius 1 is 1.23 bits per heavy atom. The standard InChI is InChI=1S/C8H10O5/c9-6(10)8(7(11)12)2-1-4-5(3-8)13-4/h4-5H,1-3H2,(H,9,10)(H,11,12). The number of carboxylic acids is 2. The fourth-order valence-corrected chi connectivity index (χ4v) is 1.93. The number of hydrogen-bond donors (Lipinski definition) is 2. The molecule has 13 heavy (non-hydrogen) atoms. The average Bonchev–Trinajstić information content (AvgIpc) is 2.79. The molecule has 0 aromatic rings. The molecular weight excluding hydrogens is 176 g/mol. The lowest BCUT2D eigenvalue weighted by Gasteiger charge is -2.26. The van der Waals surface area contributed by atoms with Crippen LogP contribution < -0.4 is 0 Å². The molecule has 2 N–H and O–H groups in total. The van der Waals surface area contributed by atoms with Gasteiger partial charge in [0.15, 0.2) is 5.41 Å². The Kier molecular flexibility index (Phi) is 1.60. The molecule has 2 unspecified atom stereocenters. The lowest BCUT2D eigenvalue weighted by molar-refractivity contribution is -0.166. The van der Waals surface area contributed by atoms with Crippen molar-refractivity contribution < 1.29 is 24.5 Å². The van der Waals surface area contributed by atoms with Gasteiger partial charge in [0.25, 0.3) is 0 Å². The van der Waals surface area contributed by atoms with Crippen molar-refractivity contribution in [1.82, 2.24) is 0 Å². The summed E-state index contributed by atoms with van der Waals surface area (Å²) in [5, 5.41) is 17.7. The van der Waals surface area contributed by atoms with Crippen molar-refractivity contribution in [2.75, 3.05) is 0 Å². The number of hydrogen-bond acceptors (Lipinski definition) is 3. The molecule has 5 heteroatoms. The zero-order valence-electron chi connectivity index (χ0n) is 6.90. The highest BCUT2D eigenvalue weighted by Gasteiger charge is 2.58. The summed E-state index contributed by atoms with van der Waals surface area (Å²) in [5.41, 5.74) is -1.60. The molecule has 0 aromatic heterocycles. The Bertz CT molecular complexity index is 258. The topological polar surface area (TPSA) is 87.1 Å². The van der Waals surface area contributed by atoms with Gasteiger partial charge >= 0.3 is 11.9 Å². The van der Waals surface area contributed by atoms with Crippen molar-refractivity contribution in [1.29, 1.82) is 0 Å². The van der Waals surface area contributed by atoms with Crippen molar-refractivity contribution in [3.8, 4) is 0 Å². The predicted octanol–water partition coefficient (Wildman–Crippen LogP) is 0.0933. The maximum absolute atomic E-state index is 10.8. The van der Waals surface area contributed by atoms with Crippen LogP contribution in [-0.2, 0) is 14.3 Å². The van der Waals surface area contributed by atoms with Gasteiger partial charge in [-0.2, -0.15) is 0 Å². The van der Waals surface area contributed by atoms with Crippen LogP contribution in [0.5, 0.6) is 0 Å². The summed E-state index contributed by atoms with van der Waals surface area (Å²) in [4.78, 5) is 21.7. The zero-order valence-corrected chi connectivity index (χ0v) is 6.90. The van der Waals surface area contributed by atoms with E-state index in [0.717, 1.165) is 0 Å². The molecule has 2 rings (SSSR count). The Morgan fingerprint density at radius 2 is 1.85 bits per heavy atom. The van der Waals surface area contributed by atoms with Crippen LogP contribution >= 0.6 is 0 Å². The summed E-state index contributed by atoms with van der Waals surface area (Å²) >= 11 is 0. The largest absolute Gasteiger partial charge is 0.480 e. The van der Waals surface area contributed by atoms with E-state index >= 15 is 0 Å². The highest BCUT2D eigenvalue weighted by atomic mass is 16.6. The summed E-state index contributed by atoms with van der Waals surface area (Å²) in [6.07, 6.45) is 0.817. The van der Waals surface area contributed by atoms with Gasteiger partial charge in [0, 0.05) is 6.42 Å². The summed E-state index contributed by atoms with van der Waals surface area (Å²) in [5.74, 6) is -2.48. The monoisotopic (exact) mass is 186 g/mol. The average molecular weight is 186 g/mol. The molecule has 1 aliphatic heterocycles. The first-order chi connectivity index (χ1) is 6.06. The van der Waals surface area contributed by atoms with Crippen LogP contribution in [0.1, 0.15) is 19.3 Å². The van der Waals surface area contributed by atoms with Crippen molar-refractivity contribution in [2.45, 2.75) is 31.5 Å². The first-order valence-electron chi connectivity index (χ1n) is 4.18. The summed E-state index contributed by atoms with van der Waals surface area (Å²) in [6, 6.07) is 0. The third kappa shape index (κ3) is 1.11. The van der Waals surface area contributed by atoms with E-state index in [0.29, 0.717) is 6.42 Å². The fraction of sp³-hybridized carbons (Fsp3) is 0.750. The quantitative estimate of drug-likeness (QED) is 0.471. The van der Waals surface area contributed by atoms with Crippen LogP contribution in [0.2, 0.25) is 0 Å². The minimum atomic E-state index is -1.60. The van der Waals surface area contributed by atoms with Gasteiger partial charge in [-0.25, -0.2) is 0 Å². The Balaban J connectivity index is 2.22. The van der Waals surface area contributed by atoms with Crippen LogP contribution in [0, 0.1) is 5.41 Å². The summed E-state index contributed by atoms with van der Waals surface area (Å²) in [7, 11) is 0. The molecule has 0 bridgehead atoms. The van der Waals surface area contributed by atoms with Crippen LogP contribution in [0.4, 0.5) is 0 Å². The van der Waals surface area contributed by atoms with Gasteiger partial charge in [0.2, 0.25) is 0 Å². The van der Waals surface area contributed by atoms with Gasteiger partial charge in [-0.1, -0.05) is 0 Å². The molecule has 1 saturated heterocycles. The lowest BCUT2D eigenvalue weighted by atomic mass is 9.74.